The van der Waals surface area contributed by atoms with Gasteiger partial charge in [-0.05, 0) is 39.9 Å². The molecule has 0 saturated carbocycles. The van der Waals surface area contributed by atoms with Gasteiger partial charge in [-0.15, -0.1) is 0 Å². The topological polar surface area (TPSA) is 66.1 Å². The van der Waals surface area contributed by atoms with E-state index in [9.17, 15) is 0 Å². The van der Waals surface area contributed by atoms with E-state index in [0.717, 1.165) is 64.4 Å². The molecule has 2 heterocycles. The number of nitrogens with two attached hydrogens (primary N) is 1. The number of guanidine groups is 1. The number of hydrogen-bond acceptors (Lipinski definition) is 4. The minimum absolute atomic E-state index is 0.131. The van der Waals surface area contributed by atoms with Crippen molar-refractivity contribution in [3.05, 3.63) is 12.2 Å². The summed E-state index contributed by atoms with van der Waals surface area (Å²) >= 11 is 0. The van der Waals surface area contributed by atoms with Crippen molar-refractivity contribution >= 4 is 5.96 Å². The highest BCUT2D eigenvalue weighted by Gasteiger charge is 2.39. The molecule has 0 spiro atoms. The second kappa shape index (κ2) is 7.94. The molecule has 0 unspecified atom stereocenters. The molecule has 0 aromatic rings. The number of ether oxygens (including phenoxy) is 1. The quantitative estimate of drug-likeness (QED) is 0.433. The van der Waals surface area contributed by atoms with Crippen LogP contribution in [0.2, 0.25) is 0 Å². The van der Waals surface area contributed by atoms with E-state index in [1.54, 1.807) is 0 Å². The van der Waals surface area contributed by atoms with Crippen molar-refractivity contribution < 1.29 is 4.74 Å². The van der Waals surface area contributed by atoms with Crippen LogP contribution in [0, 0.1) is 0 Å². The number of rotatable bonds is 5. The fraction of sp³-hybridized carbons (Fsp3) is 0.812. The minimum atomic E-state index is 0.131. The Bertz CT molecular complexity index is 395. The highest BCUT2D eigenvalue weighted by Crippen LogP contribution is 2.29. The Morgan fingerprint density at radius 3 is 2.50 bits per heavy atom. The number of hydrogen-bond donors (Lipinski definition) is 2. The van der Waals surface area contributed by atoms with Crippen molar-refractivity contribution in [2.75, 3.05) is 59.5 Å². The van der Waals surface area contributed by atoms with Crippen LogP contribution in [0.3, 0.4) is 0 Å². The average molecular weight is 309 g/mol. The van der Waals surface area contributed by atoms with Crippen molar-refractivity contribution in [2.45, 2.75) is 25.3 Å². The van der Waals surface area contributed by atoms with E-state index in [1.165, 1.54) is 0 Å². The molecule has 6 heteroatoms. The van der Waals surface area contributed by atoms with Crippen LogP contribution in [0.15, 0.2) is 17.1 Å². The molecule has 0 bridgehead atoms. The molecule has 2 aliphatic heterocycles. The van der Waals surface area contributed by atoms with Crippen molar-refractivity contribution in [2.24, 2.45) is 10.7 Å². The maximum Gasteiger partial charge on any atom is 0.188 e. The van der Waals surface area contributed by atoms with E-state index in [1.807, 2.05) is 6.92 Å². The zero-order valence-corrected chi connectivity index (χ0v) is 14.1. The summed E-state index contributed by atoms with van der Waals surface area (Å²) in [7, 11) is 2.19. The van der Waals surface area contributed by atoms with Gasteiger partial charge in [-0.25, -0.2) is 0 Å². The monoisotopic (exact) mass is 309 g/mol. The molecule has 0 radical (unpaired) electrons. The van der Waals surface area contributed by atoms with Gasteiger partial charge in [0.05, 0.1) is 19.8 Å². The first-order chi connectivity index (χ1) is 10.5. The zero-order chi connectivity index (χ0) is 16.0. The molecule has 2 rings (SSSR count). The maximum atomic E-state index is 6.00. The Labute approximate surface area is 134 Å². The maximum absolute atomic E-state index is 6.00. The number of nitrogens with one attached hydrogen (secondary N) is 1. The molecule has 6 nitrogen and oxygen atoms in total. The summed E-state index contributed by atoms with van der Waals surface area (Å²) in [4.78, 5) is 9.60. The van der Waals surface area contributed by atoms with Crippen molar-refractivity contribution in [3.63, 3.8) is 0 Å². The SMILES string of the molecule is C=C(C)CNC(N)=NCC1(N2CCOCC2)CCN(C)CC1. The van der Waals surface area contributed by atoms with E-state index in [0.29, 0.717) is 12.5 Å². The molecule has 0 aromatic heterocycles. The molecule has 0 atom stereocenters. The first-order valence-electron chi connectivity index (χ1n) is 8.21. The van der Waals surface area contributed by atoms with E-state index >= 15 is 0 Å². The molecule has 2 aliphatic rings. The average Bonchev–Trinajstić information content (AvgIpc) is 2.53. The standard InChI is InChI=1S/C16H31N5O/c1-14(2)12-18-15(17)19-13-16(4-6-20(3)7-5-16)21-8-10-22-11-9-21/h1,4-13H2,2-3H3,(H3,17,18,19). The second-order valence-electron chi connectivity index (χ2n) is 6.64. The molecule has 22 heavy (non-hydrogen) atoms. The predicted molar refractivity (Wildman–Crippen MR) is 91.2 cm³/mol. The molecular weight excluding hydrogens is 278 g/mol. The third-order valence-electron chi connectivity index (χ3n) is 4.71. The summed E-state index contributed by atoms with van der Waals surface area (Å²) in [5.41, 5.74) is 7.19. The summed E-state index contributed by atoms with van der Waals surface area (Å²) < 4.78 is 5.51. The van der Waals surface area contributed by atoms with Gasteiger partial charge in [0.1, 0.15) is 0 Å². The van der Waals surface area contributed by atoms with Crippen LogP contribution in [0.1, 0.15) is 19.8 Å². The third kappa shape index (κ3) is 4.69. The summed E-state index contributed by atoms with van der Waals surface area (Å²) in [6, 6.07) is 0. The van der Waals surface area contributed by atoms with Crippen LogP contribution < -0.4 is 11.1 Å². The van der Waals surface area contributed by atoms with Gasteiger partial charge in [-0.1, -0.05) is 12.2 Å². The zero-order valence-electron chi connectivity index (χ0n) is 14.1. The fourth-order valence-electron chi connectivity index (χ4n) is 3.18. The van der Waals surface area contributed by atoms with Crippen LogP contribution in [-0.4, -0.2) is 80.8 Å². The predicted octanol–water partition coefficient (Wildman–Crippen LogP) is 0.263. The largest absolute Gasteiger partial charge is 0.379 e. The number of aliphatic imine (C=N–C) groups is 1. The van der Waals surface area contributed by atoms with Crippen molar-refractivity contribution in [1.82, 2.24) is 15.1 Å². The lowest BCUT2D eigenvalue weighted by atomic mass is 9.85. The molecule has 0 aliphatic carbocycles. The van der Waals surface area contributed by atoms with Gasteiger partial charge in [-0.2, -0.15) is 0 Å². The molecule has 0 aromatic carbocycles. The van der Waals surface area contributed by atoms with E-state index in [2.05, 4.69) is 33.7 Å². The first kappa shape index (κ1) is 17.2. The first-order valence-corrected chi connectivity index (χ1v) is 8.21. The van der Waals surface area contributed by atoms with E-state index in [-0.39, 0.29) is 5.54 Å². The fourth-order valence-corrected chi connectivity index (χ4v) is 3.18. The van der Waals surface area contributed by atoms with Crippen LogP contribution in [0.4, 0.5) is 0 Å². The Morgan fingerprint density at radius 2 is 1.91 bits per heavy atom. The van der Waals surface area contributed by atoms with E-state index in [4.69, 9.17) is 10.5 Å². The molecule has 2 fully saturated rings. The molecule has 3 N–H and O–H groups in total. The molecule has 126 valence electrons. The van der Waals surface area contributed by atoms with Gasteiger partial charge >= 0.3 is 0 Å². The number of piperidine rings is 1. The summed E-state index contributed by atoms with van der Waals surface area (Å²) in [5.74, 6) is 0.523. The normalized spacial score (nSPS) is 24.2. The minimum Gasteiger partial charge on any atom is -0.379 e. The Balaban J connectivity index is 2.01. The highest BCUT2D eigenvalue weighted by atomic mass is 16.5. The van der Waals surface area contributed by atoms with Crippen LogP contribution in [0.5, 0.6) is 0 Å². The van der Waals surface area contributed by atoms with Gasteiger partial charge < -0.3 is 20.7 Å². The Morgan fingerprint density at radius 1 is 1.27 bits per heavy atom. The Hall–Kier alpha value is -1.11. The van der Waals surface area contributed by atoms with Gasteiger partial charge in [0.15, 0.2) is 5.96 Å². The molecular formula is C16H31N5O. The lowest BCUT2D eigenvalue weighted by Crippen LogP contribution is -2.60. The highest BCUT2D eigenvalue weighted by molar-refractivity contribution is 5.78. The van der Waals surface area contributed by atoms with Crippen LogP contribution >= 0.6 is 0 Å². The number of likely N-dealkylation sites (tertiary alicyclic amines) is 1. The molecule has 2 saturated heterocycles. The lowest BCUT2D eigenvalue weighted by Gasteiger charge is -2.49. The summed E-state index contributed by atoms with van der Waals surface area (Å²) in [5, 5.41) is 3.13. The van der Waals surface area contributed by atoms with E-state index < -0.39 is 0 Å². The lowest BCUT2D eigenvalue weighted by molar-refractivity contribution is -0.0411. The van der Waals surface area contributed by atoms with Crippen LogP contribution in [-0.2, 0) is 4.74 Å². The number of nitrogens with zero attached hydrogens (tertiary/aromatic N) is 3. The summed E-state index contributed by atoms with van der Waals surface area (Å²) in [6.07, 6.45) is 2.28. The smallest absolute Gasteiger partial charge is 0.188 e. The second-order valence-corrected chi connectivity index (χ2v) is 6.64. The third-order valence-corrected chi connectivity index (χ3v) is 4.71. The van der Waals surface area contributed by atoms with Crippen LogP contribution in [0.25, 0.3) is 0 Å². The Kier molecular flexibility index (Phi) is 6.23. The number of morpholine rings is 1. The van der Waals surface area contributed by atoms with Gasteiger partial charge in [0, 0.05) is 25.2 Å². The van der Waals surface area contributed by atoms with Crippen molar-refractivity contribution in [1.29, 1.82) is 0 Å². The van der Waals surface area contributed by atoms with Gasteiger partial charge in [-0.3, -0.25) is 9.89 Å². The van der Waals surface area contributed by atoms with Gasteiger partial charge in [0.2, 0.25) is 0 Å². The van der Waals surface area contributed by atoms with Crippen molar-refractivity contribution in [3.8, 4) is 0 Å². The van der Waals surface area contributed by atoms with Gasteiger partial charge in [0.25, 0.3) is 0 Å². The molecule has 0 amide bonds. The summed E-state index contributed by atoms with van der Waals surface area (Å²) in [6.45, 7) is 13.2.